The van der Waals surface area contributed by atoms with Crippen LogP contribution < -0.4 is 0 Å². The van der Waals surface area contributed by atoms with Crippen LogP contribution >= 0.6 is 7.60 Å². The molecule has 0 unspecified atom stereocenters. The molecule has 8 fully saturated rings. The Hall–Kier alpha value is -0.110. The van der Waals surface area contributed by atoms with Crippen molar-refractivity contribution in [2.24, 2.45) is 46.3 Å². The minimum atomic E-state index is -3.18. The lowest BCUT2D eigenvalue weighted by Gasteiger charge is -2.57. The molecule has 0 radical (unpaired) electrons. The van der Waals surface area contributed by atoms with Crippen molar-refractivity contribution >= 4 is 7.60 Å². The summed E-state index contributed by atoms with van der Waals surface area (Å²) in [4.78, 5) is 0. The molecular formula is C24H37O3P. The molecule has 3 nitrogen and oxygen atoms in total. The van der Waals surface area contributed by atoms with Gasteiger partial charge in [0.1, 0.15) is 0 Å². The summed E-state index contributed by atoms with van der Waals surface area (Å²) in [5.74, 6) is 6.86. The van der Waals surface area contributed by atoms with Crippen molar-refractivity contribution in [3.63, 3.8) is 0 Å². The van der Waals surface area contributed by atoms with Crippen molar-refractivity contribution in [3.05, 3.63) is 12.4 Å². The average molecular weight is 405 g/mol. The van der Waals surface area contributed by atoms with Gasteiger partial charge in [0.15, 0.2) is 0 Å². The molecule has 8 aliphatic rings. The second kappa shape index (κ2) is 6.44. The van der Waals surface area contributed by atoms with Crippen LogP contribution in [0.15, 0.2) is 12.4 Å². The lowest BCUT2D eigenvalue weighted by molar-refractivity contribution is -0.0859. The standard InChI is InChI=1S/C24H37O3P/c1-2-28(25,26-15-23-9-17-3-18(10-23)5-19(4-17)11-23)27-16-24-12-20-6-21(13-24)8-22(7-20)14-24/h2,17-22H,1,3-16H2. The zero-order chi connectivity index (χ0) is 19.0. The fourth-order valence-corrected chi connectivity index (χ4v) is 10.7. The third-order valence-electron chi connectivity index (χ3n) is 9.66. The van der Waals surface area contributed by atoms with Crippen LogP contribution in [0.1, 0.15) is 77.0 Å². The van der Waals surface area contributed by atoms with Crippen LogP contribution in [0.5, 0.6) is 0 Å². The lowest BCUT2D eigenvalue weighted by Crippen LogP contribution is -2.48. The fraction of sp³-hybridized carbons (Fsp3) is 0.917. The Kier molecular flexibility index (Phi) is 4.29. The summed E-state index contributed by atoms with van der Waals surface area (Å²) < 4.78 is 25.7. The van der Waals surface area contributed by atoms with E-state index in [1.165, 1.54) is 82.9 Å². The highest BCUT2D eigenvalue weighted by Crippen LogP contribution is 2.64. The molecule has 0 atom stereocenters. The van der Waals surface area contributed by atoms with Crippen LogP contribution in [0.4, 0.5) is 0 Å². The largest absolute Gasteiger partial charge is 0.353 e. The number of rotatable bonds is 7. The molecule has 156 valence electrons. The second-order valence-corrected chi connectivity index (χ2v) is 14.1. The first kappa shape index (κ1) is 18.6. The van der Waals surface area contributed by atoms with Crippen LogP contribution in [0.25, 0.3) is 0 Å². The summed E-state index contributed by atoms with van der Waals surface area (Å²) in [6.45, 7) is 5.10. The maximum atomic E-state index is 13.4. The van der Waals surface area contributed by atoms with Crippen LogP contribution in [-0.4, -0.2) is 13.2 Å². The Morgan fingerprint density at radius 1 is 0.679 bits per heavy atom. The summed E-state index contributed by atoms with van der Waals surface area (Å²) in [5.41, 5.74) is 0.551. The summed E-state index contributed by atoms with van der Waals surface area (Å²) in [6, 6.07) is 0. The molecule has 4 heteroatoms. The topological polar surface area (TPSA) is 35.5 Å². The van der Waals surface area contributed by atoms with Gasteiger partial charge in [-0.1, -0.05) is 6.58 Å². The Labute approximate surface area is 170 Å². The third-order valence-corrected chi connectivity index (χ3v) is 11.1. The van der Waals surface area contributed by atoms with E-state index in [0.717, 1.165) is 35.5 Å². The van der Waals surface area contributed by atoms with Gasteiger partial charge in [-0.3, -0.25) is 4.57 Å². The van der Waals surface area contributed by atoms with Crippen LogP contribution in [-0.2, 0) is 13.6 Å². The molecule has 0 aliphatic heterocycles. The maximum Gasteiger partial charge on any atom is 0.353 e. The molecule has 0 aromatic rings. The van der Waals surface area contributed by atoms with E-state index in [9.17, 15) is 4.57 Å². The van der Waals surface area contributed by atoms with E-state index in [2.05, 4.69) is 6.58 Å². The van der Waals surface area contributed by atoms with Gasteiger partial charge in [-0.2, -0.15) is 0 Å². The Morgan fingerprint density at radius 3 is 1.21 bits per heavy atom. The molecule has 8 saturated carbocycles. The lowest BCUT2D eigenvalue weighted by atomic mass is 9.50. The maximum absolute atomic E-state index is 13.4. The van der Waals surface area contributed by atoms with E-state index in [0.29, 0.717) is 13.2 Å². The van der Waals surface area contributed by atoms with E-state index in [-0.39, 0.29) is 10.8 Å². The molecule has 0 heterocycles. The van der Waals surface area contributed by atoms with E-state index in [1.54, 1.807) is 0 Å². The summed E-state index contributed by atoms with van der Waals surface area (Å²) in [7, 11) is -3.18. The van der Waals surface area contributed by atoms with E-state index in [1.807, 2.05) is 0 Å². The van der Waals surface area contributed by atoms with Gasteiger partial charge in [-0.15, -0.1) is 0 Å². The highest BCUT2D eigenvalue weighted by atomic mass is 31.2. The first-order valence-corrected chi connectivity index (χ1v) is 13.6. The SMILES string of the molecule is C=CP(=O)(OCC12CC3CC(CC(C3)C1)C2)OCC12CC3CC(CC(C3)C1)C2. The van der Waals surface area contributed by atoms with Gasteiger partial charge in [0.2, 0.25) is 0 Å². The third kappa shape index (κ3) is 3.19. The first-order valence-electron chi connectivity index (χ1n) is 12.0. The first-order chi connectivity index (χ1) is 13.4. The highest BCUT2D eigenvalue weighted by Gasteiger charge is 2.53. The zero-order valence-corrected chi connectivity index (χ0v) is 18.2. The number of hydrogen-bond donors (Lipinski definition) is 0. The summed E-state index contributed by atoms with van der Waals surface area (Å²) in [5, 5.41) is 0. The van der Waals surface area contributed by atoms with Crippen molar-refractivity contribution in [2.45, 2.75) is 77.0 Å². The fourth-order valence-electron chi connectivity index (χ4n) is 9.53. The van der Waals surface area contributed by atoms with E-state index < -0.39 is 7.60 Å². The molecule has 8 bridgehead atoms. The van der Waals surface area contributed by atoms with E-state index in [4.69, 9.17) is 9.05 Å². The minimum absolute atomic E-state index is 0.275. The quantitative estimate of drug-likeness (QED) is 0.438. The molecule has 0 aromatic carbocycles. The van der Waals surface area contributed by atoms with Gasteiger partial charge < -0.3 is 9.05 Å². The molecule has 8 aliphatic carbocycles. The van der Waals surface area contributed by atoms with Crippen molar-refractivity contribution in [3.8, 4) is 0 Å². The van der Waals surface area contributed by atoms with Crippen LogP contribution in [0, 0.1) is 46.3 Å². The average Bonchev–Trinajstić information content (AvgIpc) is 2.63. The summed E-state index contributed by atoms with van der Waals surface area (Å²) in [6.07, 6.45) is 16.3. The minimum Gasteiger partial charge on any atom is -0.305 e. The summed E-state index contributed by atoms with van der Waals surface area (Å²) >= 11 is 0. The van der Waals surface area contributed by atoms with Crippen molar-refractivity contribution < 1.29 is 13.6 Å². The monoisotopic (exact) mass is 404 g/mol. The van der Waals surface area contributed by atoms with Crippen molar-refractivity contribution in [2.75, 3.05) is 13.2 Å². The van der Waals surface area contributed by atoms with Crippen LogP contribution in [0.3, 0.4) is 0 Å². The highest BCUT2D eigenvalue weighted by molar-refractivity contribution is 7.57. The van der Waals surface area contributed by atoms with Crippen molar-refractivity contribution in [1.29, 1.82) is 0 Å². The van der Waals surface area contributed by atoms with Gasteiger partial charge in [-0.25, -0.2) is 0 Å². The molecular weight excluding hydrogens is 367 g/mol. The smallest absolute Gasteiger partial charge is 0.305 e. The predicted molar refractivity (Wildman–Crippen MR) is 111 cm³/mol. The normalized spacial score (nSPS) is 52.7. The predicted octanol–water partition coefficient (Wildman–Crippen LogP) is 6.79. The second-order valence-electron chi connectivity index (χ2n) is 12.1. The van der Waals surface area contributed by atoms with Gasteiger partial charge in [0.05, 0.1) is 13.2 Å². The molecule has 0 amide bonds. The van der Waals surface area contributed by atoms with Gasteiger partial charge >= 0.3 is 7.60 Å². The Balaban J connectivity index is 1.11. The number of hydrogen-bond acceptors (Lipinski definition) is 3. The zero-order valence-electron chi connectivity index (χ0n) is 17.3. The van der Waals surface area contributed by atoms with Gasteiger partial charge in [0, 0.05) is 5.82 Å². The van der Waals surface area contributed by atoms with Gasteiger partial charge in [0.25, 0.3) is 0 Å². The van der Waals surface area contributed by atoms with Crippen LogP contribution in [0.2, 0.25) is 0 Å². The van der Waals surface area contributed by atoms with Gasteiger partial charge in [-0.05, 0) is 123 Å². The Bertz CT molecular complexity index is 575. The van der Waals surface area contributed by atoms with E-state index >= 15 is 0 Å². The molecule has 0 spiro atoms. The Morgan fingerprint density at radius 2 is 0.964 bits per heavy atom. The molecule has 0 aromatic heterocycles. The molecule has 0 N–H and O–H groups in total. The molecule has 8 rings (SSSR count). The molecule has 28 heavy (non-hydrogen) atoms. The van der Waals surface area contributed by atoms with Crippen molar-refractivity contribution in [1.82, 2.24) is 0 Å². The molecule has 0 saturated heterocycles.